The highest BCUT2D eigenvalue weighted by Gasteiger charge is 2.32. The maximum atomic E-state index is 13.1. The van der Waals surface area contributed by atoms with Crippen LogP contribution in [0.25, 0.3) is 0 Å². The number of fused-ring (bicyclic) bond motifs is 1. The second-order valence-electron chi connectivity index (χ2n) is 6.51. The van der Waals surface area contributed by atoms with Gasteiger partial charge < -0.3 is 9.80 Å². The van der Waals surface area contributed by atoms with E-state index in [1.807, 2.05) is 65.4 Å². The summed E-state index contributed by atoms with van der Waals surface area (Å²) in [4.78, 5) is 25.5. The van der Waals surface area contributed by atoms with Gasteiger partial charge in [0.05, 0.1) is 0 Å². The number of hydrogen-bond donors (Lipinski definition) is 0. The summed E-state index contributed by atoms with van der Waals surface area (Å²) >= 11 is 0. The van der Waals surface area contributed by atoms with E-state index < -0.39 is 0 Å². The van der Waals surface area contributed by atoms with E-state index in [4.69, 9.17) is 0 Å². The zero-order valence-electron chi connectivity index (χ0n) is 14.8. The standard InChI is InChI=1S/C21H20N4O/c1-15-12-16-8-6-7-11-19(16)25(15)21(26)18-13-20(23-14-22-18)24(2)17-9-4-3-5-10-17/h3-11,13-15H,12H2,1-2H3. The molecule has 2 aromatic carbocycles. The van der Waals surface area contributed by atoms with Gasteiger partial charge in [0.2, 0.25) is 0 Å². The Balaban J connectivity index is 1.66. The Labute approximate surface area is 152 Å². The Hall–Kier alpha value is -3.21. The molecule has 2 heterocycles. The van der Waals surface area contributed by atoms with Crippen LogP contribution in [0, 0.1) is 0 Å². The molecular formula is C21H20N4O. The first-order valence-corrected chi connectivity index (χ1v) is 8.67. The fourth-order valence-corrected chi connectivity index (χ4v) is 3.43. The number of benzene rings is 2. The zero-order valence-corrected chi connectivity index (χ0v) is 14.8. The molecule has 1 aromatic heterocycles. The topological polar surface area (TPSA) is 49.3 Å². The fourth-order valence-electron chi connectivity index (χ4n) is 3.43. The minimum atomic E-state index is -0.0902. The van der Waals surface area contributed by atoms with Gasteiger partial charge in [-0.2, -0.15) is 0 Å². The van der Waals surface area contributed by atoms with Crippen molar-refractivity contribution in [3.8, 4) is 0 Å². The lowest BCUT2D eigenvalue weighted by Gasteiger charge is -2.23. The molecule has 0 bridgehead atoms. The van der Waals surface area contributed by atoms with Crippen molar-refractivity contribution in [3.63, 3.8) is 0 Å². The van der Waals surface area contributed by atoms with Crippen molar-refractivity contribution < 1.29 is 4.79 Å². The van der Waals surface area contributed by atoms with Gasteiger partial charge in [0, 0.05) is 30.5 Å². The van der Waals surface area contributed by atoms with E-state index in [0.29, 0.717) is 11.5 Å². The first-order chi connectivity index (χ1) is 12.6. The van der Waals surface area contributed by atoms with Gasteiger partial charge in [0.15, 0.2) is 0 Å². The highest BCUT2D eigenvalue weighted by atomic mass is 16.2. The van der Waals surface area contributed by atoms with Crippen LogP contribution in [0.15, 0.2) is 67.0 Å². The third-order valence-corrected chi connectivity index (χ3v) is 4.78. The van der Waals surface area contributed by atoms with Gasteiger partial charge in [-0.3, -0.25) is 4.79 Å². The molecular weight excluding hydrogens is 324 g/mol. The van der Waals surface area contributed by atoms with Crippen molar-refractivity contribution in [2.24, 2.45) is 0 Å². The van der Waals surface area contributed by atoms with Gasteiger partial charge in [-0.25, -0.2) is 9.97 Å². The van der Waals surface area contributed by atoms with Crippen LogP contribution in [-0.4, -0.2) is 29.0 Å². The molecule has 1 atom stereocenters. The minimum absolute atomic E-state index is 0.0902. The number of aromatic nitrogens is 2. The number of para-hydroxylation sites is 2. The lowest BCUT2D eigenvalue weighted by molar-refractivity contribution is 0.0976. The SMILES string of the molecule is CC1Cc2ccccc2N1C(=O)c1cc(N(C)c2ccccc2)ncn1. The van der Waals surface area contributed by atoms with Crippen LogP contribution in [0.5, 0.6) is 0 Å². The first-order valence-electron chi connectivity index (χ1n) is 8.67. The summed E-state index contributed by atoms with van der Waals surface area (Å²) in [6.07, 6.45) is 2.32. The summed E-state index contributed by atoms with van der Waals surface area (Å²) in [6.45, 7) is 2.07. The molecule has 26 heavy (non-hydrogen) atoms. The summed E-state index contributed by atoms with van der Waals surface area (Å²) in [5.74, 6) is 0.599. The summed E-state index contributed by atoms with van der Waals surface area (Å²) < 4.78 is 0. The summed E-state index contributed by atoms with van der Waals surface area (Å²) in [5.41, 5.74) is 3.58. The Bertz CT molecular complexity index is 942. The Morgan fingerprint density at radius 1 is 1.08 bits per heavy atom. The fraction of sp³-hybridized carbons (Fsp3) is 0.190. The van der Waals surface area contributed by atoms with E-state index in [9.17, 15) is 4.79 Å². The Kier molecular flexibility index (Phi) is 4.13. The second kappa shape index (κ2) is 6.59. The van der Waals surface area contributed by atoms with Crippen LogP contribution < -0.4 is 9.80 Å². The molecule has 0 spiro atoms. The van der Waals surface area contributed by atoms with E-state index in [1.165, 1.54) is 11.9 Å². The normalized spacial score (nSPS) is 15.6. The van der Waals surface area contributed by atoms with Crippen molar-refractivity contribution in [3.05, 3.63) is 78.2 Å². The third kappa shape index (κ3) is 2.81. The quantitative estimate of drug-likeness (QED) is 0.724. The molecule has 4 rings (SSSR count). The Morgan fingerprint density at radius 3 is 2.62 bits per heavy atom. The van der Waals surface area contributed by atoms with Crippen LogP contribution in [0.4, 0.5) is 17.2 Å². The average molecular weight is 344 g/mol. The predicted molar refractivity (Wildman–Crippen MR) is 103 cm³/mol. The second-order valence-corrected chi connectivity index (χ2v) is 6.51. The van der Waals surface area contributed by atoms with Crippen LogP contribution in [0.3, 0.4) is 0 Å². The van der Waals surface area contributed by atoms with E-state index in [0.717, 1.165) is 17.8 Å². The molecule has 1 amide bonds. The predicted octanol–water partition coefficient (Wildman–Crippen LogP) is 3.84. The number of rotatable bonds is 3. The van der Waals surface area contributed by atoms with E-state index in [2.05, 4.69) is 23.0 Å². The van der Waals surface area contributed by atoms with E-state index >= 15 is 0 Å². The number of nitrogens with zero attached hydrogens (tertiary/aromatic N) is 4. The molecule has 0 radical (unpaired) electrons. The number of hydrogen-bond acceptors (Lipinski definition) is 4. The van der Waals surface area contributed by atoms with Gasteiger partial charge >= 0.3 is 0 Å². The van der Waals surface area contributed by atoms with Crippen LogP contribution in [0.1, 0.15) is 23.0 Å². The van der Waals surface area contributed by atoms with E-state index in [-0.39, 0.29) is 11.9 Å². The largest absolute Gasteiger partial charge is 0.329 e. The lowest BCUT2D eigenvalue weighted by Crippen LogP contribution is -2.36. The molecule has 0 saturated heterocycles. The van der Waals surface area contributed by atoms with Crippen LogP contribution in [0.2, 0.25) is 0 Å². The van der Waals surface area contributed by atoms with Crippen molar-refractivity contribution in [1.29, 1.82) is 0 Å². The molecule has 1 aliphatic rings. The lowest BCUT2D eigenvalue weighted by atomic mass is 10.1. The maximum Gasteiger partial charge on any atom is 0.277 e. The summed E-state index contributed by atoms with van der Waals surface area (Å²) in [5, 5.41) is 0. The molecule has 0 saturated carbocycles. The number of carbonyl (C=O) groups excluding carboxylic acids is 1. The highest BCUT2D eigenvalue weighted by molar-refractivity contribution is 6.06. The van der Waals surface area contributed by atoms with Gasteiger partial charge in [-0.05, 0) is 37.1 Å². The molecule has 3 aromatic rings. The molecule has 130 valence electrons. The van der Waals surface area contributed by atoms with E-state index in [1.54, 1.807) is 6.07 Å². The van der Waals surface area contributed by atoms with Crippen molar-refractivity contribution in [2.75, 3.05) is 16.8 Å². The first kappa shape index (κ1) is 16.3. The van der Waals surface area contributed by atoms with Gasteiger partial charge in [-0.15, -0.1) is 0 Å². The van der Waals surface area contributed by atoms with Crippen LogP contribution >= 0.6 is 0 Å². The van der Waals surface area contributed by atoms with Gasteiger partial charge in [0.1, 0.15) is 17.8 Å². The molecule has 0 aliphatic carbocycles. The number of amides is 1. The summed E-state index contributed by atoms with van der Waals surface area (Å²) in [6, 6.07) is 19.8. The van der Waals surface area contributed by atoms with Gasteiger partial charge in [-0.1, -0.05) is 36.4 Å². The Morgan fingerprint density at radius 2 is 1.81 bits per heavy atom. The van der Waals surface area contributed by atoms with Gasteiger partial charge in [0.25, 0.3) is 5.91 Å². The van der Waals surface area contributed by atoms with Crippen molar-refractivity contribution in [1.82, 2.24) is 9.97 Å². The maximum absolute atomic E-state index is 13.1. The molecule has 1 aliphatic heterocycles. The monoisotopic (exact) mass is 344 g/mol. The smallest absolute Gasteiger partial charge is 0.277 e. The average Bonchev–Trinajstić information content (AvgIpc) is 3.03. The third-order valence-electron chi connectivity index (χ3n) is 4.78. The molecule has 1 unspecified atom stereocenters. The summed E-state index contributed by atoms with van der Waals surface area (Å²) in [7, 11) is 1.93. The molecule has 0 fully saturated rings. The zero-order chi connectivity index (χ0) is 18.1. The molecule has 5 heteroatoms. The highest BCUT2D eigenvalue weighted by Crippen LogP contribution is 2.33. The van der Waals surface area contributed by atoms with Crippen molar-refractivity contribution >= 4 is 23.1 Å². The molecule has 5 nitrogen and oxygen atoms in total. The minimum Gasteiger partial charge on any atom is -0.329 e. The number of carbonyl (C=O) groups is 1. The van der Waals surface area contributed by atoms with Crippen LogP contribution in [-0.2, 0) is 6.42 Å². The van der Waals surface area contributed by atoms with Crippen molar-refractivity contribution in [2.45, 2.75) is 19.4 Å². The molecule has 0 N–H and O–H groups in total. The number of anilines is 3.